The van der Waals surface area contributed by atoms with Gasteiger partial charge in [0.2, 0.25) is 0 Å². The summed E-state index contributed by atoms with van der Waals surface area (Å²) in [7, 11) is 1.62. The highest BCUT2D eigenvalue weighted by Gasteiger charge is 2.30. The van der Waals surface area contributed by atoms with E-state index in [1.54, 1.807) is 13.2 Å². The topological polar surface area (TPSA) is 60.3 Å². The third-order valence-electron chi connectivity index (χ3n) is 4.09. The van der Waals surface area contributed by atoms with Crippen molar-refractivity contribution in [3.05, 3.63) is 77.6 Å². The Bertz CT molecular complexity index is 918. The van der Waals surface area contributed by atoms with Crippen LogP contribution in [0.2, 0.25) is 0 Å². The number of esters is 1. The van der Waals surface area contributed by atoms with Crippen molar-refractivity contribution in [2.75, 3.05) is 7.11 Å². The van der Waals surface area contributed by atoms with Crippen molar-refractivity contribution < 1.29 is 14.3 Å². The lowest BCUT2D eigenvalue weighted by Crippen LogP contribution is -2.12. The molecule has 3 rings (SSSR count). The Labute approximate surface area is 159 Å². The summed E-state index contributed by atoms with van der Waals surface area (Å²) >= 11 is 0. The number of cyclic esters (lactones) is 1. The zero-order valence-corrected chi connectivity index (χ0v) is 15.9. The van der Waals surface area contributed by atoms with E-state index in [1.807, 2.05) is 75.4 Å². The summed E-state index contributed by atoms with van der Waals surface area (Å²) in [5, 5.41) is 8.57. The first-order chi connectivity index (χ1) is 12.9. The maximum absolute atomic E-state index is 12.1. The van der Waals surface area contributed by atoms with Crippen LogP contribution in [0, 0.1) is 5.41 Å². The van der Waals surface area contributed by atoms with E-state index in [0.29, 0.717) is 11.5 Å². The number of hydrogen-bond acceptors (Lipinski definition) is 5. The molecule has 0 aromatic heterocycles. The van der Waals surface area contributed by atoms with Crippen LogP contribution >= 0.6 is 0 Å². The summed E-state index contributed by atoms with van der Waals surface area (Å²) in [6.45, 7) is 5.93. The first-order valence-corrected chi connectivity index (χ1v) is 8.68. The molecule has 0 N–H and O–H groups in total. The lowest BCUT2D eigenvalue weighted by Gasteiger charge is -2.17. The SMILES string of the molecule is COc1ccc(C(=NN=C2C=C(C(C)(C)C)OC2=O)c2ccccc2)cc1. The number of rotatable bonds is 4. The van der Waals surface area contributed by atoms with Crippen LogP contribution in [-0.2, 0) is 9.53 Å². The molecular formula is C22H22N2O3. The lowest BCUT2D eigenvalue weighted by atomic mass is 9.94. The number of benzene rings is 2. The largest absolute Gasteiger partial charge is 0.497 e. The molecule has 1 aliphatic rings. The quantitative estimate of drug-likeness (QED) is 0.461. The molecule has 5 nitrogen and oxygen atoms in total. The normalized spacial score (nSPS) is 16.3. The van der Waals surface area contributed by atoms with Gasteiger partial charge in [0.05, 0.1) is 7.11 Å². The minimum absolute atomic E-state index is 0.196. The van der Waals surface area contributed by atoms with Crippen molar-refractivity contribution in [3.63, 3.8) is 0 Å². The van der Waals surface area contributed by atoms with Crippen LogP contribution in [0.4, 0.5) is 0 Å². The zero-order valence-electron chi connectivity index (χ0n) is 15.9. The maximum Gasteiger partial charge on any atom is 0.364 e. The van der Waals surface area contributed by atoms with Gasteiger partial charge in [-0.05, 0) is 24.3 Å². The Kier molecular flexibility index (Phi) is 5.21. The molecule has 1 aliphatic heterocycles. The Morgan fingerprint density at radius 1 is 0.963 bits per heavy atom. The van der Waals surface area contributed by atoms with Crippen LogP contribution in [0.25, 0.3) is 0 Å². The number of hydrogen-bond donors (Lipinski definition) is 0. The van der Waals surface area contributed by atoms with Gasteiger partial charge in [0.25, 0.3) is 0 Å². The number of allylic oxidation sites excluding steroid dienone is 1. The number of ether oxygens (including phenoxy) is 2. The van der Waals surface area contributed by atoms with Crippen molar-refractivity contribution in [1.82, 2.24) is 0 Å². The van der Waals surface area contributed by atoms with Gasteiger partial charge in [-0.15, -0.1) is 10.2 Å². The molecule has 0 fully saturated rings. The molecule has 0 atom stereocenters. The van der Waals surface area contributed by atoms with Crippen LogP contribution < -0.4 is 4.74 Å². The van der Waals surface area contributed by atoms with Crippen LogP contribution in [0.1, 0.15) is 31.9 Å². The van der Waals surface area contributed by atoms with E-state index in [4.69, 9.17) is 9.47 Å². The van der Waals surface area contributed by atoms with Gasteiger partial charge in [-0.2, -0.15) is 0 Å². The van der Waals surface area contributed by atoms with E-state index in [9.17, 15) is 4.79 Å². The second-order valence-corrected chi connectivity index (χ2v) is 7.18. The number of carbonyl (C=O) groups excluding carboxylic acids is 1. The molecule has 2 aromatic carbocycles. The Hall–Kier alpha value is -3.21. The molecular weight excluding hydrogens is 340 g/mol. The molecule has 5 heteroatoms. The summed E-state index contributed by atoms with van der Waals surface area (Å²) in [5.41, 5.74) is 2.36. The predicted octanol–water partition coefficient (Wildman–Crippen LogP) is 4.38. The third kappa shape index (κ3) is 4.31. The van der Waals surface area contributed by atoms with E-state index in [0.717, 1.165) is 16.9 Å². The highest BCUT2D eigenvalue weighted by Crippen LogP contribution is 2.29. The van der Waals surface area contributed by atoms with Crippen LogP contribution in [0.3, 0.4) is 0 Å². The molecule has 138 valence electrons. The molecule has 0 aliphatic carbocycles. The minimum Gasteiger partial charge on any atom is -0.497 e. The molecule has 27 heavy (non-hydrogen) atoms. The Morgan fingerprint density at radius 3 is 2.15 bits per heavy atom. The fraction of sp³-hybridized carbons (Fsp3) is 0.227. The monoisotopic (exact) mass is 362 g/mol. The second kappa shape index (κ2) is 7.58. The highest BCUT2D eigenvalue weighted by atomic mass is 16.5. The molecule has 0 radical (unpaired) electrons. The predicted molar refractivity (Wildman–Crippen MR) is 106 cm³/mol. The van der Waals surface area contributed by atoms with Crippen LogP contribution in [0.5, 0.6) is 5.75 Å². The average Bonchev–Trinajstić information content (AvgIpc) is 3.04. The van der Waals surface area contributed by atoms with Crippen molar-refractivity contribution in [1.29, 1.82) is 0 Å². The molecule has 0 saturated carbocycles. The summed E-state index contributed by atoms with van der Waals surface area (Å²) in [6.07, 6.45) is 1.66. The van der Waals surface area contributed by atoms with E-state index in [2.05, 4.69) is 10.2 Å². The van der Waals surface area contributed by atoms with Gasteiger partial charge in [0.1, 0.15) is 17.2 Å². The highest BCUT2D eigenvalue weighted by molar-refractivity contribution is 6.43. The van der Waals surface area contributed by atoms with E-state index < -0.39 is 5.97 Å². The maximum atomic E-state index is 12.1. The van der Waals surface area contributed by atoms with Crippen molar-refractivity contribution in [2.45, 2.75) is 20.8 Å². The molecule has 1 heterocycles. The van der Waals surface area contributed by atoms with Gasteiger partial charge >= 0.3 is 5.97 Å². The van der Waals surface area contributed by atoms with Gasteiger partial charge in [-0.3, -0.25) is 0 Å². The number of carbonyl (C=O) groups is 1. The molecule has 0 unspecified atom stereocenters. The summed E-state index contributed by atoms with van der Waals surface area (Å²) in [6, 6.07) is 17.3. The van der Waals surface area contributed by atoms with E-state index in [1.165, 1.54) is 0 Å². The fourth-order valence-corrected chi connectivity index (χ4v) is 2.53. The van der Waals surface area contributed by atoms with Gasteiger partial charge in [-0.25, -0.2) is 4.79 Å². The van der Waals surface area contributed by atoms with Crippen LogP contribution in [-0.4, -0.2) is 24.5 Å². The summed E-state index contributed by atoms with van der Waals surface area (Å²) in [4.78, 5) is 12.1. The zero-order chi connectivity index (χ0) is 19.4. The summed E-state index contributed by atoms with van der Waals surface area (Å²) < 4.78 is 10.5. The van der Waals surface area contributed by atoms with Crippen LogP contribution in [0.15, 0.2) is 76.6 Å². The van der Waals surface area contributed by atoms with E-state index in [-0.39, 0.29) is 11.1 Å². The molecule has 0 spiro atoms. The fourth-order valence-electron chi connectivity index (χ4n) is 2.53. The summed E-state index contributed by atoms with van der Waals surface area (Å²) in [5.74, 6) is 0.868. The molecule has 0 amide bonds. The van der Waals surface area contributed by atoms with E-state index >= 15 is 0 Å². The van der Waals surface area contributed by atoms with Gasteiger partial charge in [0, 0.05) is 22.6 Å². The number of nitrogens with zero attached hydrogens (tertiary/aromatic N) is 2. The first kappa shape index (κ1) is 18.6. The van der Waals surface area contributed by atoms with Gasteiger partial charge in [-0.1, -0.05) is 51.1 Å². The Morgan fingerprint density at radius 2 is 1.59 bits per heavy atom. The minimum atomic E-state index is -0.481. The average molecular weight is 362 g/mol. The third-order valence-corrected chi connectivity index (χ3v) is 4.09. The first-order valence-electron chi connectivity index (χ1n) is 8.68. The van der Waals surface area contributed by atoms with Crippen molar-refractivity contribution in [2.24, 2.45) is 15.6 Å². The van der Waals surface area contributed by atoms with Gasteiger partial charge < -0.3 is 9.47 Å². The lowest BCUT2D eigenvalue weighted by molar-refractivity contribution is -0.131. The number of methoxy groups -OCH3 is 1. The Balaban J connectivity index is 2.03. The van der Waals surface area contributed by atoms with Crippen molar-refractivity contribution in [3.8, 4) is 5.75 Å². The second-order valence-electron chi connectivity index (χ2n) is 7.18. The standard InChI is InChI=1S/C22H22N2O3/c1-22(2,3)19-14-18(21(25)27-19)23-24-20(15-8-6-5-7-9-15)16-10-12-17(26-4)13-11-16/h5-14H,1-4H3. The van der Waals surface area contributed by atoms with Gasteiger partial charge in [0.15, 0.2) is 5.71 Å². The molecule has 0 saturated heterocycles. The molecule has 0 bridgehead atoms. The van der Waals surface area contributed by atoms with Crippen molar-refractivity contribution >= 4 is 17.4 Å². The smallest absolute Gasteiger partial charge is 0.364 e. The molecule has 2 aromatic rings.